The summed E-state index contributed by atoms with van der Waals surface area (Å²) in [5, 5.41) is 1.21. The molecule has 2 aromatic carbocycles. The number of carbonyl (C=O) groups excluding carboxylic acids is 1. The molecule has 0 fully saturated rings. The molecule has 0 unspecified atom stereocenters. The Morgan fingerprint density at radius 1 is 1.17 bits per heavy atom. The fourth-order valence-corrected chi connectivity index (χ4v) is 2.42. The van der Waals surface area contributed by atoms with Crippen molar-refractivity contribution in [1.82, 2.24) is 0 Å². The molecule has 1 amide bonds. The first kappa shape index (κ1) is 13.1. The van der Waals surface area contributed by atoms with Crippen LogP contribution < -0.4 is 5.73 Å². The average Bonchev–Trinajstić information content (AvgIpc) is 2.39. The summed E-state index contributed by atoms with van der Waals surface area (Å²) < 4.78 is 0. The second-order valence-electron chi connectivity index (χ2n) is 3.86. The van der Waals surface area contributed by atoms with Crippen molar-refractivity contribution in [1.29, 1.82) is 0 Å². The first-order chi connectivity index (χ1) is 8.63. The minimum Gasteiger partial charge on any atom is -0.366 e. The van der Waals surface area contributed by atoms with E-state index in [0.29, 0.717) is 10.6 Å². The first-order valence-electron chi connectivity index (χ1n) is 5.37. The highest BCUT2D eigenvalue weighted by Crippen LogP contribution is 2.30. The number of halogens is 2. The number of hydrogen-bond acceptors (Lipinski definition) is 1. The van der Waals surface area contributed by atoms with E-state index in [-0.39, 0.29) is 0 Å². The Labute approximate surface area is 119 Å². The maximum absolute atomic E-state index is 11.2. The van der Waals surface area contributed by atoms with Crippen LogP contribution in [0.4, 0.5) is 0 Å². The van der Waals surface area contributed by atoms with Crippen LogP contribution in [0.3, 0.4) is 0 Å². The van der Waals surface area contributed by atoms with E-state index in [4.69, 9.17) is 17.3 Å². The fraction of sp³-hybridized carbons (Fsp3) is 0.0714. The third-order valence-corrected chi connectivity index (χ3v) is 3.74. The van der Waals surface area contributed by atoms with Gasteiger partial charge in [-0.2, -0.15) is 0 Å². The molecule has 18 heavy (non-hydrogen) atoms. The molecule has 0 saturated heterocycles. The lowest BCUT2D eigenvalue weighted by molar-refractivity contribution is 0.100. The highest BCUT2D eigenvalue weighted by atomic mass is 79.9. The Balaban J connectivity index is 2.50. The molecule has 2 rings (SSSR count). The summed E-state index contributed by atoms with van der Waals surface area (Å²) in [6.45, 7) is 0. The third kappa shape index (κ3) is 2.57. The molecule has 2 N–H and O–H groups in total. The fourth-order valence-electron chi connectivity index (χ4n) is 1.72. The molecule has 0 spiro atoms. The minimum absolute atomic E-state index is 0.346. The van der Waals surface area contributed by atoms with Crippen LogP contribution in [0.2, 0.25) is 5.02 Å². The predicted octanol–water partition coefficient (Wildman–Crippen LogP) is 4.00. The number of hydrogen-bond donors (Lipinski definition) is 1. The van der Waals surface area contributed by atoms with Gasteiger partial charge in [0.05, 0.1) is 10.6 Å². The van der Waals surface area contributed by atoms with Crippen molar-refractivity contribution in [2.75, 3.05) is 0 Å². The topological polar surface area (TPSA) is 43.1 Å². The molecule has 0 heterocycles. The van der Waals surface area contributed by atoms with Gasteiger partial charge in [0.25, 0.3) is 0 Å². The van der Waals surface area contributed by atoms with Crippen LogP contribution in [0.1, 0.15) is 15.9 Å². The van der Waals surface area contributed by atoms with Crippen molar-refractivity contribution in [3.63, 3.8) is 0 Å². The van der Waals surface area contributed by atoms with Crippen LogP contribution >= 0.6 is 27.5 Å². The largest absolute Gasteiger partial charge is 0.366 e. The summed E-state index contributed by atoms with van der Waals surface area (Å²) in [5.74, 6) is -0.515. The van der Waals surface area contributed by atoms with Crippen molar-refractivity contribution >= 4 is 33.4 Å². The summed E-state index contributed by atoms with van der Waals surface area (Å²) in [7, 11) is 0. The molecule has 4 heteroatoms. The zero-order valence-corrected chi connectivity index (χ0v) is 11.8. The Kier molecular flexibility index (Phi) is 4.04. The summed E-state index contributed by atoms with van der Waals surface area (Å²) in [5.41, 5.74) is 8.58. The highest BCUT2D eigenvalue weighted by Gasteiger charge is 2.11. The summed E-state index contributed by atoms with van der Waals surface area (Å²) >= 11 is 9.60. The molecule has 0 aromatic heterocycles. The van der Waals surface area contributed by atoms with Crippen molar-refractivity contribution in [2.45, 2.75) is 5.33 Å². The quantitative estimate of drug-likeness (QED) is 0.852. The SMILES string of the molecule is NC(=O)c1cccc(-c2ccc(CBr)cc2)c1Cl. The number of benzene rings is 2. The minimum atomic E-state index is -0.515. The van der Waals surface area contributed by atoms with E-state index in [1.807, 2.05) is 30.3 Å². The van der Waals surface area contributed by atoms with Gasteiger partial charge >= 0.3 is 0 Å². The zero-order valence-electron chi connectivity index (χ0n) is 9.49. The molecule has 0 aliphatic carbocycles. The molecular weight excluding hydrogens is 314 g/mol. The van der Waals surface area contributed by atoms with E-state index >= 15 is 0 Å². The third-order valence-electron chi connectivity index (χ3n) is 2.68. The highest BCUT2D eigenvalue weighted by molar-refractivity contribution is 9.08. The van der Waals surface area contributed by atoms with Gasteiger partial charge in [0.1, 0.15) is 0 Å². The second kappa shape index (κ2) is 5.55. The molecular formula is C14H11BrClNO. The van der Waals surface area contributed by atoms with Gasteiger partial charge < -0.3 is 5.73 Å². The smallest absolute Gasteiger partial charge is 0.250 e. The normalized spacial score (nSPS) is 10.3. The molecule has 0 atom stereocenters. The molecule has 2 nitrogen and oxygen atoms in total. The second-order valence-corrected chi connectivity index (χ2v) is 4.80. The number of primary amides is 1. The van der Waals surface area contributed by atoms with Gasteiger partial charge in [-0.25, -0.2) is 0 Å². The lowest BCUT2D eigenvalue weighted by Gasteiger charge is -2.08. The maximum Gasteiger partial charge on any atom is 0.250 e. The maximum atomic E-state index is 11.2. The van der Waals surface area contributed by atoms with Gasteiger partial charge in [0.15, 0.2) is 0 Å². The zero-order chi connectivity index (χ0) is 13.1. The van der Waals surface area contributed by atoms with E-state index in [1.54, 1.807) is 12.1 Å². The summed E-state index contributed by atoms with van der Waals surface area (Å²) in [6, 6.07) is 13.2. The molecule has 92 valence electrons. The molecule has 2 aromatic rings. The van der Waals surface area contributed by atoms with Crippen molar-refractivity contribution in [3.05, 3.63) is 58.6 Å². The summed E-state index contributed by atoms with van der Waals surface area (Å²) in [6.07, 6.45) is 0. The standard InChI is InChI=1S/C14H11BrClNO/c15-8-9-4-6-10(7-5-9)11-2-1-3-12(13(11)16)14(17)18/h1-7H,8H2,(H2,17,18). The molecule has 0 bridgehead atoms. The van der Waals surface area contributed by atoms with E-state index in [1.165, 1.54) is 5.56 Å². The van der Waals surface area contributed by atoms with E-state index in [0.717, 1.165) is 16.5 Å². The number of rotatable bonds is 3. The van der Waals surface area contributed by atoms with Crippen LogP contribution in [0.25, 0.3) is 11.1 Å². The summed E-state index contributed by atoms with van der Waals surface area (Å²) in [4.78, 5) is 11.2. The molecule has 0 aliphatic rings. The first-order valence-corrected chi connectivity index (χ1v) is 6.87. The Morgan fingerprint density at radius 2 is 1.83 bits per heavy atom. The van der Waals surface area contributed by atoms with Crippen molar-refractivity contribution in [3.8, 4) is 11.1 Å². The van der Waals surface area contributed by atoms with Crippen LogP contribution in [-0.2, 0) is 5.33 Å². The van der Waals surface area contributed by atoms with E-state index in [9.17, 15) is 4.79 Å². The van der Waals surface area contributed by atoms with Gasteiger partial charge in [-0.15, -0.1) is 0 Å². The van der Waals surface area contributed by atoms with Gasteiger partial charge in [0, 0.05) is 10.9 Å². The number of nitrogens with two attached hydrogens (primary N) is 1. The van der Waals surface area contributed by atoms with Crippen molar-refractivity contribution < 1.29 is 4.79 Å². The monoisotopic (exact) mass is 323 g/mol. The number of amides is 1. The van der Waals surface area contributed by atoms with Gasteiger partial charge in [-0.3, -0.25) is 4.79 Å². The van der Waals surface area contributed by atoms with Crippen LogP contribution in [0.5, 0.6) is 0 Å². The average molecular weight is 325 g/mol. The predicted molar refractivity (Wildman–Crippen MR) is 78.0 cm³/mol. The van der Waals surface area contributed by atoms with Gasteiger partial charge in [0.2, 0.25) is 5.91 Å². The van der Waals surface area contributed by atoms with Gasteiger partial charge in [-0.05, 0) is 17.2 Å². The van der Waals surface area contributed by atoms with Crippen LogP contribution in [-0.4, -0.2) is 5.91 Å². The Hall–Kier alpha value is -1.32. The molecule has 0 aliphatic heterocycles. The Morgan fingerprint density at radius 3 is 2.39 bits per heavy atom. The van der Waals surface area contributed by atoms with Crippen LogP contribution in [0.15, 0.2) is 42.5 Å². The lowest BCUT2D eigenvalue weighted by atomic mass is 10.0. The van der Waals surface area contributed by atoms with Crippen LogP contribution in [0, 0.1) is 0 Å². The van der Waals surface area contributed by atoms with E-state index in [2.05, 4.69) is 15.9 Å². The lowest BCUT2D eigenvalue weighted by Crippen LogP contribution is -2.11. The molecule has 0 saturated carbocycles. The van der Waals surface area contributed by atoms with Gasteiger partial charge in [-0.1, -0.05) is 63.9 Å². The molecule has 0 radical (unpaired) electrons. The Bertz CT molecular complexity index is 581. The van der Waals surface area contributed by atoms with E-state index < -0.39 is 5.91 Å². The number of carbonyl (C=O) groups is 1. The van der Waals surface area contributed by atoms with Crippen molar-refractivity contribution in [2.24, 2.45) is 5.73 Å². The number of alkyl halides is 1.